The number of carbonyl (C=O) groups excluding carboxylic acids is 2. The summed E-state index contributed by atoms with van der Waals surface area (Å²) in [5.74, 6) is 0.251. The van der Waals surface area contributed by atoms with E-state index in [0.29, 0.717) is 18.8 Å². The molecule has 1 unspecified atom stereocenters. The number of nitrogens with zero attached hydrogens (tertiary/aromatic N) is 1. The number of rotatable bonds is 9. The normalized spacial score (nSPS) is 11.6. The molecule has 1 atom stereocenters. The number of benzene rings is 2. The second-order valence-corrected chi connectivity index (χ2v) is 6.86. The van der Waals surface area contributed by atoms with Gasteiger partial charge in [-0.3, -0.25) is 9.59 Å². The topological polar surface area (TPSA) is 58.6 Å². The molecule has 0 spiro atoms. The molecule has 1 N–H and O–H groups in total. The molecule has 0 aliphatic rings. The number of amides is 2. The molecule has 0 radical (unpaired) electrons. The summed E-state index contributed by atoms with van der Waals surface area (Å²) < 4.78 is 5.67. The van der Waals surface area contributed by atoms with Gasteiger partial charge >= 0.3 is 0 Å². The number of aryl methyl sites for hydroxylation is 2. The zero-order valence-corrected chi connectivity index (χ0v) is 17.2. The van der Waals surface area contributed by atoms with Crippen molar-refractivity contribution in [2.24, 2.45) is 0 Å². The molecule has 2 rings (SSSR count). The van der Waals surface area contributed by atoms with Crippen LogP contribution < -0.4 is 10.1 Å². The molecule has 150 valence electrons. The second kappa shape index (κ2) is 10.5. The van der Waals surface area contributed by atoms with Crippen molar-refractivity contribution in [3.05, 3.63) is 65.2 Å². The van der Waals surface area contributed by atoms with Crippen LogP contribution in [0.5, 0.6) is 5.75 Å². The number of hydrogen-bond donors (Lipinski definition) is 1. The van der Waals surface area contributed by atoms with Gasteiger partial charge < -0.3 is 15.0 Å². The number of likely N-dealkylation sites (N-methyl/N-ethyl adjacent to an activating group) is 1. The van der Waals surface area contributed by atoms with Gasteiger partial charge in [-0.1, -0.05) is 48.9 Å². The third-order valence-corrected chi connectivity index (χ3v) is 4.69. The fourth-order valence-electron chi connectivity index (χ4n) is 2.84. The Bertz CT molecular complexity index is 769. The van der Waals surface area contributed by atoms with E-state index < -0.39 is 6.04 Å². The zero-order valence-electron chi connectivity index (χ0n) is 17.2. The number of carbonyl (C=O) groups is 2. The molecule has 0 aromatic heterocycles. The second-order valence-electron chi connectivity index (χ2n) is 6.86. The number of hydrogen-bond acceptors (Lipinski definition) is 3. The molecule has 0 saturated carbocycles. The Labute approximate surface area is 167 Å². The smallest absolute Gasteiger partial charge is 0.261 e. The van der Waals surface area contributed by atoms with E-state index in [1.54, 1.807) is 11.8 Å². The molecule has 2 amide bonds. The Kier molecular flexibility index (Phi) is 8.05. The highest BCUT2D eigenvalue weighted by molar-refractivity contribution is 5.87. The van der Waals surface area contributed by atoms with Crippen molar-refractivity contribution in [2.45, 2.75) is 46.7 Å². The van der Waals surface area contributed by atoms with Gasteiger partial charge in [-0.15, -0.1) is 0 Å². The zero-order chi connectivity index (χ0) is 20.5. The average molecular weight is 383 g/mol. The van der Waals surface area contributed by atoms with Crippen LogP contribution in [0.1, 0.15) is 37.5 Å². The third-order valence-electron chi connectivity index (χ3n) is 4.69. The first-order valence-electron chi connectivity index (χ1n) is 9.79. The van der Waals surface area contributed by atoms with E-state index in [9.17, 15) is 9.59 Å². The van der Waals surface area contributed by atoms with E-state index in [0.717, 1.165) is 17.5 Å². The predicted molar refractivity (Wildman–Crippen MR) is 111 cm³/mol. The van der Waals surface area contributed by atoms with Crippen molar-refractivity contribution >= 4 is 11.8 Å². The first-order valence-corrected chi connectivity index (χ1v) is 9.79. The highest BCUT2D eigenvalue weighted by Gasteiger charge is 2.26. The van der Waals surface area contributed by atoms with E-state index in [1.165, 1.54) is 5.56 Å². The Morgan fingerprint density at radius 3 is 2.18 bits per heavy atom. The van der Waals surface area contributed by atoms with E-state index in [2.05, 4.69) is 12.2 Å². The van der Waals surface area contributed by atoms with Crippen molar-refractivity contribution in [1.29, 1.82) is 0 Å². The van der Waals surface area contributed by atoms with Crippen molar-refractivity contribution in [3.8, 4) is 5.75 Å². The Balaban J connectivity index is 2.10. The molecule has 0 heterocycles. The molecule has 0 bridgehead atoms. The molecule has 0 aliphatic heterocycles. The largest absolute Gasteiger partial charge is 0.484 e. The van der Waals surface area contributed by atoms with Gasteiger partial charge in [0.25, 0.3) is 5.91 Å². The predicted octanol–water partition coefficient (Wildman–Crippen LogP) is 3.49. The summed E-state index contributed by atoms with van der Waals surface area (Å²) in [5, 5.41) is 2.79. The summed E-state index contributed by atoms with van der Waals surface area (Å²) in [6.07, 6.45) is 0.952. The van der Waals surface area contributed by atoms with Crippen LogP contribution in [0.4, 0.5) is 0 Å². The van der Waals surface area contributed by atoms with Crippen LogP contribution in [-0.2, 0) is 22.6 Å². The fourth-order valence-corrected chi connectivity index (χ4v) is 2.84. The lowest BCUT2D eigenvalue weighted by molar-refractivity contribution is -0.142. The van der Waals surface area contributed by atoms with Crippen LogP contribution >= 0.6 is 0 Å². The van der Waals surface area contributed by atoms with Crippen molar-refractivity contribution < 1.29 is 14.3 Å². The van der Waals surface area contributed by atoms with Gasteiger partial charge in [0.1, 0.15) is 11.8 Å². The van der Waals surface area contributed by atoms with Crippen LogP contribution in [-0.4, -0.2) is 35.9 Å². The first-order chi connectivity index (χ1) is 13.4. The molecule has 2 aromatic rings. The molecular weight excluding hydrogens is 352 g/mol. The van der Waals surface area contributed by atoms with Crippen LogP contribution in [0.25, 0.3) is 0 Å². The Hall–Kier alpha value is -2.82. The maximum atomic E-state index is 12.9. The maximum Gasteiger partial charge on any atom is 0.261 e. The van der Waals surface area contributed by atoms with E-state index in [4.69, 9.17) is 4.74 Å². The Morgan fingerprint density at radius 1 is 1.00 bits per heavy atom. The molecule has 0 fully saturated rings. The summed E-state index contributed by atoms with van der Waals surface area (Å²) >= 11 is 0. The van der Waals surface area contributed by atoms with Crippen LogP contribution in [0.2, 0.25) is 0 Å². The average Bonchev–Trinajstić information content (AvgIpc) is 2.71. The van der Waals surface area contributed by atoms with Gasteiger partial charge in [-0.25, -0.2) is 0 Å². The molecule has 0 aliphatic carbocycles. The van der Waals surface area contributed by atoms with E-state index in [1.807, 2.05) is 62.4 Å². The highest BCUT2D eigenvalue weighted by atomic mass is 16.5. The SMILES string of the molecule is CCNC(=O)C(C)N(Cc1ccc(C)cc1)C(=O)COc1ccc(CC)cc1. The minimum atomic E-state index is -0.583. The highest BCUT2D eigenvalue weighted by Crippen LogP contribution is 2.15. The van der Waals surface area contributed by atoms with Crippen LogP contribution in [0, 0.1) is 6.92 Å². The molecule has 5 nitrogen and oxygen atoms in total. The van der Waals surface area contributed by atoms with Crippen molar-refractivity contribution in [2.75, 3.05) is 13.2 Å². The van der Waals surface area contributed by atoms with Crippen molar-refractivity contribution in [1.82, 2.24) is 10.2 Å². The monoisotopic (exact) mass is 382 g/mol. The first kappa shape index (κ1) is 21.5. The van der Waals surface area contributed by atoms with Crippen LogP contribution in [0.15, 0.2) is 48.5 Å². The Morgan fingerprint density at radius 2 is 1.61 bits per heavy atom. The fraction of sp³-hybridized carbons (Fsp3) is 0.391. The van der Waals surface area contributed by atoms with Gasteiger partial charge in [0.15, 0.2) is 6.61 Å². The quantitative estimate of drug-likeness (QED) is 0.722. The molecular formula is C23H30N2O3. The lowest BCUT2D eigenvalue weighted by Gasteiger charge is -2.28. The van der Waals surface area contributed by atoms with Gasteiger partial charge in [0.2, 0.25) is 5.91 Å². The van der Waals surface area contributed by atoms with Gasteiger partial charge in [0, 0.05) is 13.1 Å². The van der Waals surface area contributed by atoms with Crippen molar-refractivity contribution in [3.63, 3.8) is 0 Å². The standard InChI is InChI=1S/C23H30N2O3/c1-5-19-11-13-21(14-12-19)28-16-22(26)25(18(4)23(27)24-6-2)15-20-9-7-17(3)8-10-20/h7-14,18H,5-6,15-16H2,1-4H3,(H,24,27). The van der Waals surface area contributed by atoms with Gasteiger partial charge in [-0.2, -0.15) is 0 Å². The minimum Gasteiger partial charge on any atom is -0.484 e. The van der Waals surface area contributed by atoms with E-state index >= 15 is 0 Å². The van der Waals surface area contributed by atoms with E-state index in [-0.39, 0.29) is 18.4 Å². The minimum absolute atomic E-state index is 0.110. The summed E-state index contributed by atoms with van der Waals surface area (Å²) in [7, 11) is 0. The number of nitrogens with one attached hydrogen (secondary N) is 1. The molecule has 0 saturated heterocycles. The summed E-state index contributed by atoms with van der Waals surface area (Å²) in [6, 6.07) is 15.1. The number of ether oxygens (including phenoxy) is 1. The lowest BCUT2D eigenvalue weighted by Crippen LogP contribution is -2.49. The molecule has 2 aromatic carbocycles. The summed E-state index contributed by atoms with van der Waals surface area (Å²) in [5.41, 5.74) is 3.34. The van der Waals surface area contributed by atoms with Gasteiger partial charge in [-0.05, 0) is 50.5 Å². The molecule has 28 heavy (non-hydrogen) atoms. The summed E-state index contributed by atoms with van der Waals surface area (Å²) in [4.78, 5) is 26.8. The van der Waals surface area contributed by atoms with Gasteiger partial charge in [0.05, 0.1) is 0 Å². The molecule has 5 heteroatoms. The third kappa shape index (κ3) is 6.12. The lowest BCUT2D eigenvalue weighted by atomic mass is 10.1. The maximum absolute atomic E-state index is 12.9. The van der Waals surface area contributed by atoms with Crippen LogP contribution in [0.3, 0.4) is 0 Å². The summed E-state index contributed by atoms with van der Waals surface area (Å²) in [6.45, 7) is 8.48.